The molecule has 0 radical (unpaired) electrons. The van der Waals surface area contributed by atoms with Crippen LogP contribution in [0.15, 0.2) is 54.7 Å². The second-order valence-electron chi connectivity index (χ2n) is 8.74. The highest BCUT2D eigenvalue weighted by molar-refractivity contribution is 5.96. The van der Waals surface area contributed by atoms with Gasteiger partial charge in [-0.3, -0.25) is 14.5 Å². The zero-order valence-electron chi connectivity index (χ0n) is 20.0. The van der Waals surface area contributed by atoms with Gasteiger partial charge in [-0.1, -0.05) is 12.1 Å². The van der Waals surface area contributed by atoms with Crippen molar-refractivity contribution < 1.29 is 22.4 Å². The van der Waals surface area contributed by atoms with Crippen molar-refractivity contribution in [2.24, 2.45) is 0 Å². The van der Waals surface area contributed by atoms with E-state index in [0.717, 1.165) is 0 Å². The minimum absolute atomic E-state index is 0.0709. The number of halogens is 4. The Labute approximate surface area is 205 Å². The lowest BCUT2D eigenvalue weighted by molar-refractivity contribution is -0.141. The van der Waals surface area contributed by atoms with Gasteiger partial charge in [-0.25, -0.2) is 4.39 Å². The van der Waals surface area contributed by atoms with Crippen molar-refractivity contribution >= 4 is 16.8 Å². The Morgan fingerprint density at radius 2 is 1.81 bits per heavy atom. The van der Waals surface area contributed by atoms with Gasteiger partial charge in [0.2, 0.25) is 0 Å². The van der Waals surface area contributed by atoms with E-state index in [9.17, 15) is 22.4 Å². The van der Waals surface area contributed by atoms with Crippen LogP contribution in [0.2, 0.25) is 0 Å². The van der Waals surface area contributed by atoms with Crippen molar-refractivity contribution in [3.63, 3.8) is 0 Å². The second kappa shape index (κ2) is 10.1. The number of carbonyl (C=O) groups excluding carboxylic acids is 1. The Bertz CT molecular complexity index is 1390. The molecule has 4 aromatic rings. The lowest BCUT2D eigenvalue weighted by Gasteiger charge is -2.11. The minimum Gasteiger partial charge on any atom is -0.351 e. The summed E-state index contributed by atoms with van der Waals surface area (Å²) in [5, 5.41) is 7.12. The number of fused-ring (bicyclic) bond motifs is 1. The first-order valence-electron chi connectivity index (χ1n) is 11.3. The predicted octanol–water partition coefficient (Wildman–Crippen LogP) is 4.90. The molecule has 2 heterocycles. The van der Waals surface area contributed by atoms with Crippen molar-refractivity contribution in [1.29, 1.82) is 0 Å². The second-order valence-corrected chi connectivity index (χ2v) is 8.74. The number of carbonyl (C=O) groups is 1. The first kappa shape index (κ1) is 25.3. The number of rotatable bonds is 7. The summed E-state index contributed by atoms with van der Waals surface area (Å²) in [4.78, 5) is 18.3. The Kier molecular flexibility index (Phi) is 7.07. The third-order valence-corrected chi connectivity index (χ3v) is 5.84. The number of aromatic nitrogens is 3. The van der Waals surface area contributed by atoms with Crippen molar-refractivity contribution in [3.8, 4) is 11.1 Å². The van der Waals surface area contributed by atoms with Crippen LogP contribution in [0.3, 0.4) is 0 Å². The SMILES string of the molecule is Cc1c(-c2ccnc3cc(F)ccc23)c(C(F)(F)F)nn1Cc1ccc(C(=O)NCCN(C)C)cc1. The average Bonchev–Trinajstić information content (AvgIpc) is 3.14. The maximum absolute atomic E-state index is 14.0. The van der Waals surface area contributed by atoms with Crippen LogP contribution in [0.4, 0.5) is 17.6 Å². The molecule has 0 spiro atoms. The van der Waals surface area contributed by atoms with Crippen molar-refractivity contribution in [1.82, 2.24) is 25.0 Å². The number of alkyl halides is 3. The summed E-state index contributed by atoms with van der Waals surface area (Å²) >= 11 is 0. The molecule has 2 aromatic heterocycles. The van der Waals surface area contributed by atoms with Gasteiger partial charge in [0.05, 0.1) is 12.1 Å². The molecule has 36 heavy (non-hydrogen) atoms. The molecule has 0 fully saturated rings. The zero-order valence-corrected chi connectivity index (χ0v) is 20.0. The highest BCUT2D eigenvalue weighted by Gasteiger charge is 2.39. The van der Waals surface area contributed by atoms with E-state index in [1.54, 1.807) is 31.2 Å². The van der Waals surface area contributed by atoms with Gasteiger partial charge < -0.3 is 10.2 Å². The first-order valence-corrected chi connectivity index (χ1v) is 11.3. The van der Waals surface area contributed by atoms with Gasteiger partial charge in [0.15, 0.2) is 5.69 Å². The Morgan fingerprint density at radius 1 is 1.08 bits per heavy atom. The van der Waals surface area contributed by atoms with Crippen LogP contribution in [0.1, 0.15) is 27.3 Å². The summed E-state index contributed by atoms with van der Waals surface area (Å²) in [7, 11) is 3.82. The van der Waals surface area contributed by atoms with E-state index < -0.39 is 17.7 Å². The lowest BCUT2D eigenvalue weighted by atomic mass is 9.99. The number of nitrogens with zero attached hydrogens (tertiary/aromatic N) is 4. The fraction of sp³-hybridized carbons (Fsp3) is 0.269. The van der Waals surface area contributed by atoms with E-state index in [0.29, 0.717) is 35.3 Å². The summed E-state index contributed by atoms with van der Waals surface area (Å²) in [5.74, 6) is -0.744. The summed E-state index contributed by atoms with van der Waals surface area (Å²) in [5.41, 5.74) is 0.902. The van der Waals surface area contributed by atoms with Crippen LogP contribution in [0.5, 0.6) is 0 Å². The Hall–Kier alpha value is -3.79. The van der Waals surface area contributed by atoms with Gasteiger partial charge >= 0.3 is 6.18 Å². The topological polar surface area (TPSA) is 63.1 Å². The normalized spacial score (nSPS) is 11.9. The number of hydrogen-bond donors (Lipinski definition) is 1. The van der Waals surface area contributed by atoms with Crippen LogP contribution >= 0.6 is 0 Å². The van der Waals surface area contributed by atoms with Gasteiger partial charge in [0.1, 0.15) is 5.82 Å². The van der Waals surface area contributed by atoms with Crippen molar-refractivity contribution in [3.05, 3.63) is 83.1 Å². The van der Waals surface area contributed by atoms with Gasteiger partial charge in [-0.2, -0.15) is 18.3 Å². The minimum atomic E-state index is -4.70. The van der Waals surface area contributed by atoms with Crippen LogP contribution in [-0.4, -0.2) is 52.8 Å². The van der Waals surface area contributed by atoms with E-state index in [1.807, 2.05) is 19.0 Å². The highest BCUT2D eigenvalue weighted by atomic mass is 19.4. The van der Waals surface area contributed by atoms with Crippen LogP contribution in [-0.2, 0) is 12.7 Å². The number of benzene rings is 2. The Morgan fingerprint density at radius 3 is 2.47 bits per heavy atom. The molecule has 0 aliphatic carbocycles. The van der Waals surface area contributed by atoms with Gasteiger partial charge in [-0.05, 0) is 62.5 Å². The van der Waals surface area contributed by atoms with Gasteiger partial charge in [0.25, 0.3) is 5.91 Å². The average molecular weight is 500 g/mol. The molecule has 0 saturated carbocycles. The van der Waals surface area contributed by atoms with Crippen molar-refractivity contribution in [2.45, 2.75) is 19.6 Å². The molecule has 2 aromatic carbocycles. The fourth-order valence-electron chi connectivity index (χ4n) is 3.99. The van der Waals surface area contributed by atoms with E-state index >= 15 is 0 Å². The van der Waals surface area contributed by atoms with Crippen molar-refractivity contribution in [2.75, 3.05) is 27.2 Å². The Balaban J connectivity index is 1.66. The third-order valence-electron chi connectivity index (χ3n) is 5.84. The maximum atomic E-state index is 14.0. The molecule has 0 aliphatic heterocycles. The molecular weight excluding hydrogens is 474 g/mol. The number of likely N-dealkylation sites (N-methyl/N-ethyl adjacent to an activating group) is 1. The molecule has 0 atom stereocenters. The molecular formula is C26H25F4N5O. The summed E-state index contributed by atoms with van der Waals surface area (Å²) in [6.45, 7) is 2.85. The maximum Gasteiger partial charge on any atom is 0.435 e. The summed E-state index contributed by atoms with van der Waals surface area (Å²) < 4.78 is 57.0. The van der Waals surface area contributed by atoms with Crippen LogP contribution in [0, 0.1) is 12.7 Å². The zero-order chi connectivity index (χ0) is 26.0. The monoisotopic (exact) mass is 499 g/mol. The van der Waals surface area contributed by atoms with E-state index in [-0.39, 0.29) is 29.1 Å². The molecule has 0 saturated heterocycles. The van der Waals surface area contributed by atoms with E-state index in [2.05, 4.69) is 15.4 Å². The molecule has 6 nitrogen and oxygen atoms in total. The van der Waals surface area contributed by atoms with E-state index in [1.165, 1.54) is 35.1 Å². The molecule has 0 bridgehead atoms. The standard InChI is InChI=1S/C26H25F4N5O/c1-16-23(21-10-11-31-22-14-19(27)8-9-20(21)22)24(26(28,29)30)33-35(16)15-17-4-6-18(7-5-17)25(36)32-12-13-34(2)3/h4-11,14H,12-13,15H2,1-3H3,(H,32,36). The van der Waals surface area contributed by atoms with E-state index in [4.69, 9.17) is 0 Å². The molecule has 1 amide bonds. The number of nitrogens with one attached hydrogen (secondary N) is 1. The highest BCUT2D eigenvalue weighted by Crippen LogP contribution is 2.40. The summed E-state index contributed by atoms with van der Waals surface area (Å²) in [6.07, 6.45) is -3.34. The molecule has 0 unspecified atom stereocenters. The first-order chi connectivity index (χ1) is 17.0. The summed E-state index contributed by atoms with van der Waals surface area (Å²) in [6, 6.07) is 11.9. The molecule has 1 N–H and O–H groups in total. The predicted molar refractivity (Wildman–Crippen MR) is 129 cm³/mol. The third kappa shape index (κ3) is 5.38. The molecule has 188 valence electrons. The molecule has 4 rings (SSSR count). The number of amides is 1. The van der Waals surface area contributed by atoms with Crippen LogP contribution < -0.4 is 5.32 Å². The lowest BCUT2D eigenvalue weighted by Crippen LogP contribution is -2.31. The van der Waals surface area contributed by atoms with Crippen LogP contribution in [0.25, 0.3) is 22.0 Å². The fourth-order valence-corrected chi connectivity index (χ4v) is 3.99. The smallest absolute Gasteiger partial charge is 0.351 e. The van der Waals surface area contributed by atoms with Gasteiger partial charge in [-0.15, -0.1) is 0 Å². The largest absolute Gasteiger partial charge is 0.435 e. The molecule has 10 heteroatoms. The number of pyridine rings is 1. The molecule has 0 aliphatic rings. The quantitative estimate of drug-likeness (QED) is 0.368. The van der Waals surface area contributed by atoms with Gasteiger partial charge in [0, 0.05) is 47.6 Å². The number of hydrogen-bond acceptors (Lipinski definition) is 4.